The minimum absolute atomic E-state index is 0.0212. The summed E-state index contributed by atoms with van der Waals surface area (Å²) in [5.41, 5.74) is 2.98. The smallest absolute Gasteiger partial charge is 0.255 e. The van der Waals surface area contributed by atoms with Gasteiger partial charge in [0.05, 0.1) is 17.3 Å². The third-order valence-electron chi connectivity index (χ3n) is 4.21. The van der Waals surface area contributed by atoms with Crippen LogP contribution in [0.1, 0.15) is 38.1 Å². The Kier molecular flexibility index (Phi) is 4.55. The van der Waals surface area contributed by atoms with Crippen molar-refractivity contribution in [1.29, 1.82) is 0 Å². The van der Waals surface area contributed by atoms with Crippen molar-refractivity contribution in [3.63, 3.8) is 0 Å². The SMILES string of the molecule is CCCCc1ccc(N2N=C(Cc3ncc[nH]3)C(C)C2=O)cc1. The number of carbonyl (C=O) groups is 1. The van der Waals surface area contributed by atoms with Crippen LogP contribution in [-0.2, 0) is 17.6 Å². The van der Waals surface area contributed by atoms with Crippen LogP contribution < -0.4 is 5.01 Å². The summed E-state index contributed by atoms with van der Waals surface area (Å²) in [6, 6.07) is 8.13. The lowest BCUT2D eigenvalue weighted by atomic mass is 10.0. The second-order valence-corrected chi connectivity index (χ2v) is 5.95. The monoisotopic (exact) mass is 310 g/mol. The van der Waals surface area contributed by atoms with Crippen LogP contribution >= 0.6 is 0 Å². The molecule has 1 amide bonds. The number of aromatic amines is 1. The molecule has 2 heterocycles. The van der Waals surface area contributed by atoms with Gasteiger partial charge in [-0.15, -0.1) is 0 Å². The summed E-state index contributed by atoms with van der Waals surface area (Å²) in [6.07, 6.45) is 7.52. The van der Waals surface area contributed by atoms with Gasteiger partial charge in [-0.1, -0.05) is 25.5 Å². The van der Waals surface area contributed by atoms with E-state index in [0.717, 1.165) is 23.6 Å². The van der Waals surface area contributed by atoms with Gasteiger partial charge in [0.15, 0.2) is 0 Å². The molecule has 1 aromatic heterocycles. The predicted molar refractivity (Wildman–Crippen MR) is 91.4 cm³/mol. The Hall–Kier alpha value is -2.43. The van der Waals surface area contributed by atoms with E-state index in [1.54, 1.807) is 12.4 Å². The quantitative estimate of drug-likeness (QED) is 0.889. The van der Waals surface area contributed by atoms with Crippen LogP contribution in [0.5, 0.6) is 0 Å². The lowest BCUT2D eigenvalue weighted by Gasteiger charge is -2.13. The molecule has 0 aliphatic carbocycles. The molecule has 0 fully saturated rings. The molecule has 23 heavy (non-hydrogen) atoms. The fraction of sp³-hybridized carbons (Fsp3) is 0.389. The number of hydrogen-bond donors (Lipinski definition) is 1. The number of imidazole rings is 1. The number of nitrogens with one attached hydrogen (secondary N) is 1. The van der Waals surface area contributed by atoms with E-state index in [2.05, 4.69) is 34.1 Å². The number of carbonyl (C=O) groups excluding carboxylic acids is 1. The highest BCUT2D eigenvalue weighted by Crippen LogP contribution is 2.25. The molecule has 1 aromatic carbocycles. The van der Waals surface area contributed by atoms with Crippen molar-refractivity contribution in [3.8, 4) is 0 Å². The highest BCUT2D eigenvalue weighted by molar-refractivity contribution is 6.15. The lowest BCUT2D eigenvalue weighted by Crippen LogP contribution is -2.25. The number of rotatable bonds is 6. The average Bonchev–Trinajstić information content (AvgIpc) is 3.18. The van der Waals surface area contributed by atoms with Gasteiger partial charge in [-0.25, -0.2) is 9.99 Å². The van der Waals surface area contributed by atoms with Crippen molar-refractivity contribution in [1.82, 2.24) is 9.97 Å². The van der Waals surface area contributed by atoms with Crippen LogP contribution in [0.25, 0.3) is 0 Å². The molecular formula is C18H22N4O. The van der Waals surface area contributed by atoms with Gasteiger partial charge in [0, 0.05) is 18.8 Å². The largest absolute Gasteiger partial charge is 0.348 e. The summed E-state index contributed by atoms with van der Waals surface area (Å²) in [4.78, 5) is 19.8. The molecule has 1 aliphatic rings. The molecule has 0 spiro atoms. The first kappa shape index (κ1) is 15.5. The van der Waals surface area contributed by atoms with Crippen molar-refractivity contribution in [2.45, 2.75) is 39.5 Å². The Morgan fingerprint density at radius 1 is 1.26 bits per heavy atom. The number of nitrogens with zero attached hydrogens (tertiary/aromatic N) is 3. The number of amides is 1. The van der Waals surface area contributed by atoms with E-state index >= 15 is 0 Å². The molecular weight excluding hydrogens is 288 g/mol. The maximum absolute atomic E-state index is 12.5. The summed E-state index contributed by atoms with van der Waals surface area (Å²) < 4.78 is 0. The van der Waals surface area contributed by atoms with Gasteiger partial charge in [0.2, 0.25) is 0 Å². The topological polar surface area (TPSA) is 61.4 Å². The summed E-state index contributed by atoms with van der Waals surface area (Å²) in [7, 11) is 0. The van der Waals surface area contributed by atoms with E-state index < -0.39 is 0 Å². The Labute approximate surface area is 136 Å². The average molecular weight is 310 g/mol. The molecule has 5 nitrogen and oxygen atoms in total. The molecule has 1 atom stereocenters. The zero-order chi connectivity index (χ0) is 16.2. The minimum Gasteiger partial charge on any atom is -0.348 e. The summed E-state index contributed by atoms with van der Waals surface area (Å²) >= 11 is 0. The number of aromatic nitrogens is 2. The van der Waals surface area contributed by atoms with E-state index in [-0.39, 0.29) is 11.8 Å². The maximum Gasteiger partial charge on any atom is 0.255 e. The molecule has 0 bridgehead atoms. The molecule has 0 saturated carbocycles. The third-order valence-corrected chi connectivity index (χ3v) is 4.21. The number of unbranched alkanes of at least 4 members (excludes halogenated alkanes) is 1. The molecule has 1 N–H and O–H groups in total. The molecule has 2 aromatic rings. The van der Waals surface area contributed by atoms with Gasteiger partial charge in [-0.05, 0) is 37.5 Å². The first-order valence-corrected chi connectivity index (χ1v) is 8.17. The van der Waals surface area contributed by atoms with Crippen LogP contribution in [0.2, 0.25) is 0 Å². The van der Waals surface area contributed by atoms with E-state index in [1.807, 2.05) is 19.1 Å². The van der Waals surface area contributed by atoms with Crippen LogP contribution in [-0.4, -0.2) is 21.6 Å². The molecule has 0 radical (unpaired) electrons. The summed E-state index contributed by atoms with van der Waals surface area (Å²) in [5.74, 6) is 0.646. The molecule has 1 aliphatic heterocycles. The molecule has 3 rings (SSSR count). The number of aryl methyl sites for hydroxylation is 1. The number of anilines is 1. The maximum atomic E-state index is 12.5. The zero-order valence-corrected chi connectivity index (χ0v) is 13.6. The van der Waals surface area contributed by atoms with Gasteiger partial charge < -0.3 is 4.98 Å². The van der Waals surface area contributed by atoms with Crippen LogP contribution in [0.4, 0.5) is 5.69 Å². The van der Waals surface area contributed by atoms with Gasteiger partial charge in [-0.2, -0.15) is 5.10 Å². The summed E-state index contributed by atoms with van der Waals surface area (Å²) in [6.45, 7) is 4.09. The summed E-state index contributed by atoms with van der Waals surface area (Å²) in [5, 5.41) is 6.05. The number of benzene rings is 1. The lowest BCUT2D eigenvalue weighted by molar-refractivity contribution is -0.119. The van der Waals surface area contributed by atoms with Crippen molar-refractivity contribution in [2.75, 3.05) is 5.01 Å². The highest BCUT2D eigenvalue weighted by Gasteiger charge is 2.33. The van der Waals surface area contributed by atoms with Crippen molar-refractivity contribution < 1.29 is 4.79 Å². The number of hydrazone groups is 1. The second kappa shape index (κ2) is 6.77. The van der Waals surface area contributed by atoms with Crippen molar-refractivity contribution in [2.24, 2.45) is 11.0 Å². The van der Waals surface area contributed by atoms with E-state index in [4.69, 9.17) is 0 Å². The first-order chi connectivity index (χ1) is 11.2. The fourth-order valence-electron chi connectivity index (χ4n) is 2.71. The first-order valence-electron chi connectivity index (χ1n) is 8.17. The van der Waals surface area contributed by atoms with E-state index in [0.29, 0.717) is 6.42 Å². The Balaban J connectivity index is 1.76. The second-order valence-electron chi connectivity index (χ2n) is 5.95. The molecule has 5 heteroatoms. The third kappa shape index (κ3) is 3.33. The molecule has 1 unspecified atom stereocenters. The molecule has 0 saturated heterocycles. The zero-order valence-electron chi connectivity index (χ0n) is 13.6. The standard InChI is InChI=1S/C18H22N4O/c1-3-4-5-14-6-8-15(9-7-14)22-18(23)13(2)16(21-22)12-17-19-10-11-20-17/h6-11,13H,3-5,12H2,1-2H3,(H,19,20). The van der Waals surface area contributed by atoms with Crippen molar-refractivity contribution >= 4 is 17.3 Å². The van der Waals surface area contributed by atoms with E-state index in [1.165, 1.54) is 23.4 Å². The minimum atomic E-state index is -0.208. The number of hydrogen-bond acceptors (Lipinski definition) is 3. The van der Waals surface area contributed by atoms with Crippen LogP contribution in [0, 0.1) is 5.92 Å². The van der Waals surface area contributed by atoms with Crippen molar-refractivity contribution in [3.05, 3.63) is 48.0 Å². The Bertz CT molecular complexity index is 688. The van der Waals surface area contributed by atoms with Gasteiger partial charge in [-0.3, -0.25) is 4.79 Å². The van der Waals surface area contributed by atoms with Crippen LogP contribution in [0.3, 0.4) is 0 Å². The fourth-order valence-corrected chi connectivity index (χ4v) is 2.71. The van der Waals surface area contributed by atoms with E-state index in [9.17, 15) is 4.79 Å². The Morgan fingerprint density at radius 2 is 2.04 bits per heavy atom. The molecule has 120 valence electrons. The van der Waals surface area contributed by atoms with Gasteiger partial charge in [0.1, 0.15) is 5.82 Å². The van der Waals surface area contributed by atoms with Gasteiger partial charge >= 0.3 is 0 Å². The highest BCUT2D eigenvalue weighted by atomic mass is 16.2. The van der Waals surface area contributed by atoms with Gasteiger partial charge in [0.25, 0.3) is 5.91 Å². The van der Waals surface area contributed by atoms with Crippen LogP contribution in [0.15, 0.2) is 41.8 Å². The Morgan fingerprint density at radius 3 is 2.70 bits per heavy atom. The number of H-pyrrole nitrogens is 1. The predicted octanol–water partition coefficient (Wildman–Crippen LogP) is 3.33. The normalized spacial score (nSPS) is 17.7.